The van der Waals surface area contributed by atoms with Crippen molar-refractivity contribution in [1.82, 2.24) is 4.90 Å². The molecule has 3 nitrogen and oxygen atoms in total. The van der Waals surface area contributed by atoms with Gasteiger partial charge in [0.05, 0.1) is 0 Å². The summed E-state index contributed by atoms with van der Waals surface area (Å²) in [6, 6.07) is 12.9. The second-order valence-electron chi connectivity index (χ2n) is 9.59. The van der Waals surface area contributed by atoms with Crippen LogP contribution >= 0.6 is 0 Å². The number of fused-ring (bicyclic) bond motifs is 2. The zero-order chi connectivity index (χ0) is 20.8. The van der Waals surface area contributed by atoms with Crippen molar-refractivity contribution in [1.29, 1.82) is 0 Å². The molecule has 0 saturated carbocycles. The van der Waals surface area contributed by atoms with E-state index < -0.39 is 0 Å². The molecule has 0 aliphatic carbocycles. The summed E-state index contributed by atoms with van der Waals surface area (Å²) in [5, 5.41) is 0. The number of rotatable bonds is 2. The average Bonchev–Trinajstić information content (AvgIpc) is 3.01. The second-order valence-corrected chi connectivity index (χ2v) is 9.59. The molecule has 2 aliphatic heterocycles. The van der Waals surface area contributed by atoms with Gasteiger partial charge < -0.3 is 9.80 Å². The molecule has 4 heteroatoms. The van der Waals surface area contributed by atoms with Crippen LogP contribution in [0.5, 0.6) is 0 Å². The molecule has 4 rings (SSSR count). The molecular weight excluding hydrogens is 363 g/mol. The fraction of sp³-hybridized carbons (Fsp3) is 0.480. The third-order valence-corrected chi connectivity index (χ3v) is 6.78. The number of hydrogen-bond donors (Lipinski definition) is 0. The molecule has 0 bridgehead atoms. The van der Waals surface area contributed by atoms with Crippen LogP contribution in [0.2, 0.25) is 0 Å². The third-order valence-electron chi connectivity index (χ3n) is 6.78. The maximum atomic E-state index is 14.1. The van der Waals surface area contributed by atoms with E-state index in [4.69, 9.17) is 0 Å². The van der Waals surface area contributed by atoms with E-state index in [0.717, 1.165) is 43.7 Å². The first-order chi connectivity index (χ1) is 13.7. The first kappa shape index (κ1) is 20.1. The molecule has 154 valence electrons. The smallest absolute Gasteiger partial charge is 0.258 e. The number of likely N-dealkylation sites (tertiary alicyclic amines) is 1. The predicted octanol–water partition coefficient (Wildman–Crippen LogP) is 5.14. The average molecular weight is 395 g/mol. The largest absolute Gasteiger partial charge is 0.307 e. The molecule has 0 aromatic heterocycles. The molecule has 29 heavy (non-hydrogen) atoms. The van der Waals surface area contributed by atoms with Crippen molar-refractivity contribution in [3.63, 3.8) is 0 Å². The number of nitrogens with zero attached hydrogens (tertiary/aromatic N) is 2. The lowest BCUT2D eigenvalue weighted by molar-refractivity contribution is 0.0977. The van der Waals surface area contributed by atoms with Gasteiger partial charge in [-0.2, -0.15) is 0 Å². The van der Waals surface area contributed by atoms with Gasteiger partial charge in [0.2, 0.25) is 0 Å². The van der Waals surface area contributed by atoms with Crippen molar-refractivity contribution < 1.29 is 9.18 Å². The molecule has 2 heterocycles. The molecule has 2 aliphatic rings. The summed E-state index contributed by atoms with van der Waals surface area (Å²) >= 11 is 0. The highest BCUT2D eigenvalue weighted by Crippen LogP contribution is 2.47. The van der Waals surface area contributed by atoms with Gasteiger partial charge in [-0.15, -0.1) is 0 Å². The number of anilines is 1. The molecule has 0 unspecified atom stereocenters. The predicted molar refractivity (Wildman–Crippen MR) is 116 cm³/mol. The zero-order valence-corrected chi connectivity index (χ0v) is 18.0. The number of carbonyl (C=O) groups excluding carboxylic acids is 1. The highest BCUT2D eigenvalue weighted by atomic mass is 19.1. The van der Waals surface area contributed by atoms with E-state index in [9.17, 15) is 9.18 Å². The molecule has 2 aromatic rings. The van der Waals surface area contributed by atoms with E-state index in [1.807, 2.05) is 29.2 Å². The Bertz CT molecular complexity index is 905. The quantitative estimate of drug-likeness (QED) is 0.704. The van der Waals surface area contributed by atoms with Gasteiger partial charge >= 0.3 is 0 Å². The number of amides is 1. The van der Waals surface area contributed by atoms with Crippen molar-refractivity contribution in [2.75, 3.05) is 31.1 Å². The van der Waals surface area contributed by atoms with E-state index in [0.29, 0.717) is 12.1 Å². The summed E-state index contributed by atoms with van der Waals surface area (Å²) in [5.74, 6) is -0.210. The van der Waals surface area contributed by atoms with Crippen molar-refractivity contribution in [2.45, 2.75) is 51.4 Å². The second kappa shape index (κ2) is 7.24. The molecule has 1 spiro atoms. The molecule has 0 atom stereocenters. The van der Waals surface area contributed by atoms with E-state index in [2.05, 4.69) is 32.6 Å². The van der Waals surface area contributed by atoms with Gasteiger partial charge in [-0.1, -0.05) is 39.8 Å². The molecular formula is C25H31FN2O. The van der Waals surface area contributed by atoms with Gasteiger partial charge in [0.15, 0.2) is 0 Å². The van der Waals surface area contributed by atoms with Crippen molar-refractivity contribution in [3.8, 4) is 0 Å². The van der Waals surface area contributed by atoms with Gasteiger partial charge in [-0.3, -0.25) is 4.79 Å². The standard InChI is InChI=1S/C25H31FN2O/c1-5-27-14-12-25(13-15-27)17-28(22-11-10-20(26)16-21(22)25)23(29)18-6-8-19(9-7-18)24(2,3)4/h6-11,16H,5,12-15,17H2,1-4H3. The van der Waals surface area contributed by atoms with Crippen LogP contribution in [-0.2, 0) is 10.8 Å². The van der Waals surface area contributed by atoms with Gasteiger partial charge in [-0.05, 0) is 79.3 Å². The van der Waals surface area contributed by atoms with E-state index in [1.54, 1.807) is 12.1 Å². The number of piperidine rings is 1. The minimum absolute atomic E-state index is 0.00751. The van der Waals surface area contributed by atoms with Gasteiger partial charge in [0, 0.05) is 23.2 Å². The van der Waals surface area contributed by atoms with Crippen LogP contribution < -0.4 is 4.90 Å². The highest BCUT2D eigenvalue weighted by Gasteiger charge is 2.46. The van der Waals surface area contributed by atoms with Crippen LogP contribution in [0, 0.1) is 5.82 Å². The molecule has 1 fully saturated rings. The maximum absolute atomic E-state index is 14.1. The van der Waals surface area contributed by atoms with Gasteiger partial charge in [0.25, 0.3) is 5.91 Å². The molecule has 0 radical (unpaired) electrons. The summed E-state index contributed by atoms with van der Waals surface area (Å²) in [6.45, 7) is 12.4. The summed E-state index contributed by atoms with van der Waals surface area (Å²) in [7, 11) is 0. The Balaban J connectivity index is 1.66. The van der Waals surface area contributed by atoms with Gasteiger partial charge in [0.1, 0.15) is 5.82 Å². The SMILES string of the molecule is CCN1CCC2(CC1)CN(C(=O)c1ccc(C(C)(C)C)cc1)c1ccc(F)cc12. The molecule has 1 amide bonds. The lowest BCUT2D eigenvalue weighted by Gasteiger charge is -2.39. The normalized spacial score (nSPS) is 18.9. The lowest BCUT2D eigenvalue weighted by atomic mass is 9.74. The number of benzene rings is 2. The summed E-state index contributed by atoms with van der Waals surface area (Å²) in [5.41, 5.74) is 3.70. The van der Waals surface area contributed by atoms with Crippen LogP contribution in [0.25, 0.3) is 0 Å². The van der Waals surface area contributed by atoms with Crippen LogP contribution in [0.15, 0.2) is 42.5 Å². The Kier molecular flexibility index (Phi) is 5.02. The van der Waals surface area contributed by atoms with Crippen LogP contribution in [0.3, 0.4) is 0 Å². The minimum Gasteiger partial charge on any atom is -0.307 e. The lowest BCUT2D eigenvalue weighted by Crippen LogP contribution is -2.46. The Labute approximate surface area is 173 Å². The molecule has 1 saturated heterocycles. The van der Waals surface area contributed by atoms with E-state index in [-0.39, 0.29) is 22.6 Å². The van der Waals surface area contributed by atoms with E-state index in [1.165, 1.54) is 11.6 Å². The first-order valence-electron chi connectivity index (χ1n) is 10.7. The number of carbonyl (C=O) groups is 1. The number of halogens is 1. The number of hydrogen-bond acceptors (Lipinski definition) is 2. The van der Waals surface area contributed by atoms with Crippen molar-refractivity contribution in [3.05, 3.63) is 65.0 Å². The Morgan fingerprint density at radius 2 is 1.72 bits per heavy atom. The first-order valence-corrected chi connectivity index (χ1v) is 10.7. The molecule has 0 N–H and O–H groups in total. The molecule has 2 aromatic carbocycles. The maximum Gasteiger partial charge on any atom is 0.258 e. The zero-order valence-electron chi connectivity index (χ0n) is 18.0. The topological polar surface area (TPSA) is 23.6 Å². The van der Waals surface area contributed by atoms with Crippen LogP contribution in [0.4, 0.5) is 10.1 Å². The minimum atomic E-state index is -0.218. The monoisotopic (exact) mass is 394 g/mol. The fourth-order valence-corrected chi connectivity index (χ4v) is 4.82. The van der Waals surface area contributed by atoms with E-state index >= 15 is 0 Å². The Hall–Kier alpha value is -2.20. The van der Waals surface area contributed by atoms with Crippen molar-refractivity contribution >= 4 is 11.6 Å². The Morgan fingerprint density at radius 1 is 1.07 bits per heavy atom. The third kappa shape index (κ3) is 3.59. The Morgan fingerprint density at radius 3 is 2.31 bits per heavy atom. The van der Waals surface area contributed by atoms with Gasteiger partial charge in [-0.25, -0.2) is 4.39 Å². The summed E-state index contributed by atoms with van der Waals surface area (Å²) in [4.78, 5) is 17.7. The highest BCUT2D eigenvalue weighted by molar-refractivity contribution is 6.07. The van der Waals surface area contributed by atoms with Crippen LogP contribution in [0.1, 0.15) is 62.0 Å². The fourth-order valence-electron chi connectivity index (χ4n) is 4.82. The van der Waals surface area contributed by atoms with Crippen LogP contribution in [-0.4, -0.2) is 37.0 Å². The summed E-state index contributed by atoms with van der Waals surface area (Å²) < 4.78 is 14.1. The van der Waals surface area contributed by atoms with Crippen molar-refractivity contribution in [2.24, 2.45) is 0 Å². The summed E-state index contributed by atoms with van der Waals surface area (Å²) in [6.07, 6.45) is 1.92.